The van der Waals surface area contributed by atoms with Crippen LogP contribution in [0.15, 0.2) is 11.4 Å². The SMILES string of the molecule is CN1CCN/C(=C2/CSCN2)C1.N.[HH]. The molecule has 5 N–H and O–H groups in total. The first-order chi connectivity index (χ1) is 5.86. The number of nitrogens with one attached hydrogen (secondary N) is 2. The monoisotopic (exact) mass is 204 g/mol. The van der Waals surface area contributed by atoms with Crippen molar-refractivity contribution in [2.24, 2.45) is 0 Å². The van der Waals surface area contributed by atoms with Crippen LogP contribution in [0, 0.1) is 0 Å². The van der Waals surface area contributed by atoms with Crippen LogP contribution in [0.25, 0.3) is 0 Å². The van der Waals surface area contributed by atoms with Crippen LogP contribution in [-0.2, 0) is 0 Å². The van der Waals surface area contributed by atoms with E-state index in [1.807, 2.05) is 11.8 Å². The topological polar surface area (TPSA) is 62.3 Å². The van der Waals surface area contributed by atoms with E-state index in [0.29, 0.717) is 0 Å². The second-order valence-electron chi connectivity index (χ2n) is 3.29. The summed E-state index contributed by atoms with van der Waals surface area (Å²) in [4.78, 5) is 2.35. The third-order valence-electron chi connectivity index (χ3n) is 2.26. The number of thioether (sulfide) groups is 1. The van der Waals surface area contributed by atoms with E-state index in [1.165, 1.54) is 11.4 Å². The highest BCUT2D eigenvalue weighted by molar-refractivity contribution is 7.99. The average Bonchev–Trinajstić information content (AvgIpc) is 2.56. The highest BCUT2D eigenvalue weighted by atomic mass is 32.2. The van der Waals surface area contributed by atoms with Gasteiger partial charge in [-0.1, -0.05) is 0 Å². The average molecular weight is 204 g/mol. The van der Waals surface area contributed by atoms with Crippen molar-refractivity contribution in [3.05, 3.63) is 11.4 Å². The van der Waals surface area contributed by atoms with Gasteiger partial charge in [0.05, 0.1) is 5.88 Å². The smallest absolute Gasteiger partial charge is 0.0612 e. The highest BCUT2D eigenvalue weighted by Crippen LogP contribution is 2.16. The maximum absolute atomic E-state index is 3.45. The zero-order chi connectivity index (χ0) is 8.39. The molecule has 0 unspecified atom stereocenters. The minimum Gasteiger partial charge on any atom is -0.385 e. The Labute approximate surface area is 85.2 Å². The zero-order valence-corrected chi connectivity index (χ0v) is 8.91. The number of nitrogens with zero attached hydrogens (tertiary/aromatic N) is 1. The van der Waals surface area contributed by atoms with Crippen molar-refractivity contribution in [2.75, 3.05) is 38.3 Å². The number of likely N-dealkylation sites (N-methyl/N-ethyl adjacent to an activating group) is 1. The first-order valence-corrected chi connectivity index (χ1v) is 5.48. The predicted molar refractivity (Wildman–Crippen MR) is 60.1 cm³/mol. The lowest BCUT2D eigenvalue weighted by atomic mass is 10.2. The van der Waals surface area contributed by atoms with Gasteiger partial charge in [-0.2, -0.15) is 0 Å². The fraction of sp³-hybridized carbons (Fsp3) is 0.750. The largest absolute Gasteiger partial charge is 0.385 e. The number of hydrogen-bond donors (Lipinski definition) is 3. The summed E-state index contributed by atoms with van der Waals surface area (Å²) in [6.45, 7) is 3.31. The van der Waals surface area contributed by atoms with Gasteiger partial charge in [0.1, 0.15) is 0 Å². The molecule has 2 saturated heterocycles. The van der Waals surface area contributed by atoms with Gasteiger partial charge in [-0.25, -0.2) is 0 Å². The molecule has 0 aromatic carbocycles. The van der Waals surface area contributed by atoms with E-state index < -0.39 is 0 Å². The molecule has 0 aliphatic carbocycles. The predicted octanol–water partition coefficient (Wildman–Crippen LogP) is 0.435. The highest BCUT2D eigenvalue weighted by Gasteiger charge is 2.16. The maximum atomic E-state index is 3.45. The van der Waals surface area contributed by atoms with Crippen LogP contribution in [0.3, 0.4) is 0 Å². The Morgan fingerprint density at radius 1 is 1.38 bits per heavy atom. The van der Waals surface area contributed by atoms with E-state index >= 15 is 0 Å². The summed E-state index contributed by atoms with van der Waals surface area (Å²) < 4.78 is 0. The van der Waals surface area contributed by atoms with Gasteiger partial charge in [-0.05, 0) is 7.05 Å². The first kappa shape index (κ1) is 10.7. The van der Waals surface area contributed by atoms with Crippen molar-refractivity contribution in [3.8, 4) is 0 Å². The Balaban J connectivity index is 0.000000845. The van der Waals surface area contributed by atoms with E-state index in [9.17, 15) is 0 Å². The van der Waals surface area contributed by atoms with Gasteiger partial charge in [-0.15, -0.1) is 11.8 Å². The van der Waals surface area contributed by atoms with E-state index in [4.69, 9.17) is 0 Å². The molecule has 13 heavy (non-hydrogen) atoms. The van der Waals surface area contributed by atoms with Crippen molar-refractivity contribution < 1.29 is 1.43 Å². The summed E-state index contributed by atoms with van der Waals surface area (Å²) in [6, 6.07) is 0. The van der Waals surface area contributed by atoms with Crippen molar-refractivity contribution >= 4 is 11.8 Å². The third-order valence-corrected chi connectivity index (χ3v) is 3.10. The molecular formula is C8H20N4S. The Morgan fingerprint density at radius 2 is 2.23 bits per heavy atom. The number of piperazine rings is 1. The van der Waals surface area contributed by atoms with Gasteiger partial charge in [0, 0.05) is 38.2 Å². The molecule has 4 nitrogen and oxygen atoms in total. The summed E-state index contributed by atoms with van der Waals surface area (Å²) in [5, 5.41) is 6.85. The fourth-order valence-electron chi connectivity index (χ4n) is 1.54. The van der Waals surface area contributed by atoms with Crippen LogP contribution in [0.2, 0.25) is 0 Å². The Kier molecular flexibility index (Phi) is 3.90. The molecule has 2 fully saturated rings. The van der Waals surface area contributed by atoms with Crippen LogP contribution in [0.4, 0.5) is 0 Å². The summed E-state index contributed by atoms with van der Waals surface area (Å²) in [5.74, 6) is 2.22. The molecule has 78 valence electrons. The number of hydrogen-bond acceptors (Lipinski definition) is 5. The van der Waals surface area contributed by atoms with Crippen molar-refractivity contribution in [1.82, 2.24) is 21.7 Å². The molecule has 0 amide bonds. The number of rotatable bonds is 0. The van der Waals surface area contributed by atoms with Gasteiger partial charge >= 0.3 is 0 Å². The summed E-state index contributed by atoms with van der Waals surface area (Å²) in [6.07, 6.45) is 0. The quantitative estimate of drug-likeness (QED) is 0.534. The molecule has 2 aliphatic heterocycles. The second-order valence-corrected chi connectivity index (χ2v) is 4.28. The molecule has 0 aromatic heterocycles. The second kappa shape index (κ2) is 4.74. The Bertz CT molecular complexity index is 202. The molecule has 0 bridgehead atoms. The molecule has 0 spiro atoms. The zero-order valence-electron chi connectivity index (χ0n) is 8.10. The first-order valence-electron chi connectivity index (χ1n) is 4.32. The summed E-state index contributed by atoms with van der Waals surface area (Å²) >= 11 is 1.95. The molecule has 2 aliphatic rings. The molecular weight excluding hydrogens is 184 g/mol. The fourth-order valence-corrected chi connectivity index (χ4v) is 2.40. The molecule has 2 heterocycles. The van der Waals surface area contributed by atoms with Crippen LogP contribution in [-0.4, -0.2) is 43.2 Å². The summed E-state index contributed by atoms with van der Waals surface area (Å²) in [5.41, 5.74) is 2.81. The van der Waals surface area contributed by atoms with E-state index in [1.54, 1.807) is 0 Å². The van der Waals surface area contributed by atoms with Gasteiger partial charge in [0.15, 0.2) is 0 Å². The normalized spacial score (nSPS) is 29.0. The molecule has 5 heteroatoms. The Hall–Kier alpha value is -0.390. The van der Waals surface area contributed by atoms with Gasteiger partial charge in [0.2, 0.25) is 0 Å². The van der Waals surface area contributed by atoms with Crippen molar-refractivity contribution in [1.29, 1.82) is 0 Å². The van der Waals surface area contributed by atoms with Crippen LogP contribution in [0.1, 0.15) is 1.43 Å². The van der Waals surface area contributed by atoms with Crippen molar-refractivity contribution in [2.45, 2.75) is 0 Å². The van der Waals surface area contributed by atoms with Crippen LogP contribution >= 0.6 is 11.8 Å². The van der Waals surface area contributed by atoms with E-state index in [-0.39, 0.29) is 7.58 Å². The lowest BCUT2D eigenvalue weighted by Gasteiger charge is -2.27. The minimum absolute atomic E-state index is 0. The maximum Gasteiger partial charge on any atom is 0.0612 e. The van der Waals surface area contributed by atoms with Gasteiger partial charge in [0.25, 0.3) is 0 Å². The van der Waals surface area contributed by atoms with Crippen molar-refractivity contribution in [3.63, 3.8) is 0 Å². The molecule has 0 aromatic rings. The van der Waals surface area contributed by atoms with Crippen LogP contribution in [0.5, 0.6) is 0 Å². The third kappa shape index (κ3) is 2.52. The molecule has 0 atom stereocenters. The lowest BCUT2D eigenvalue weighted by molar-refractivity contribution is 0.320. The molecule has 0 radical (unpaired) electrons. The molecule has 0 saturated carbocycles. The van der Waals surface area contributed by atoms with Crippen LogP contribution < -0.4 is 16.8 Å². The minimum atomic E-state index is 0. The Morgan fingerprint density at radius 3 is 2.85 bits per heavy atom. The van der Waals surface area contributed by atoms with E-state index in [2.05, 4.69) is 22.6 Å². The lowest BCUT2D eigenvalue weighted by Crippen LogP contribution is -2.41. The standard InChI is InChI=1S/C8H15N3S.H3N.H2/c1-11-3-2-9-7(4-11)8-5-12-6-10-8;;/h9-10H,2-6H2,1H3;1H3;1H/b8-7-;;. The van der Waals surface area contributed by atoms with Gasteiger partial charge in [-0.3, -0.25) is 4.90 Å². The summed E-state index contributed by atoms with van der Waals surface area (Å²) in [7, 11) is 2.17. The van der Waals surface area contributed by atoms with Gasteiger partial charge < -0.3 is 16.8 Å². The van der Waals surface area contributed by atoms with E-state index in [0.717, 1.165) is 31.3 Å². The molecule has 2 rings (SSSR count).